The zero-order valence-corrected chi connectivity index (χ0v) is 11.9. The highest BCUT2D eigenvalue weighted by atomic mass is 32.2. The van der Waals surface area contributed by atoms with Crippen LogP contribution in [0.3, 0.4) is 0 Å². The van der Waals surface area contributed by atoms with E-state index >= 15 is 0 Å². The molecular weight excluding hydrogens is 295 g/mol. The van der Waals surface area contributed by atoms with Gasteiger partial charge in [0.15, 0.2) is 0 Å². The Morgan fingerprint density at radius 2 is 1.70 bits per heavy atom. The molecule has 0 atom stereocenters. The predicted molar refractivity (Wildman–Crippen MR) is 68.3 cm³/mol. The Morgan fingerprint density at radius 1 is 1.10 bits per heavy atom. The first kappa shape index (κ1) is 16.0. The number of piperidine rings is 1. The molecule has 0 radical (unpaired) electrons. The van der Waals surface area contributed by atoms with E-state index in [2.05, 4.69) is 5.32 Å². The summed E-state index contributed by atoms with van der Waals surface area (Å²) in [4.78, 5) is 0. The SMILES string of the molecule is O=S(=O)(NCC(F)(F)F)N1CCC(NCC2CC2)CC1. The lowest BCUT2D eigenvalue weighted by Gasteiger charge is -2.31. The van der Waals surface area contributed by atoms with E-state index in [-0.39, 0.29) is 19.1 Å². The fourth-order valence-electron chi connectivity index (χ4n) is 2.22. The minimum Gasteiger partial charge on any atom is -0.314 e. The molecule has 0 aromatic carbocycles. The van der Waals surface area contributed by atoms with Crippen LogP contribution in [0.25, 0.3) is 0 Å². The van der Waals surface area contributed by atoms with Crippen LogP contribution in [0.5, 0.6) is 0 Å². The summed E-state index contributed by atoms with van der Waals surface area (Å²) in [5, 5.41) is 3.39. The summed E-state index contributed by atoms with van der Waals surface area (Å²) in [6.07, 6.45) is -0.750. The second-order valence-electron chi connectivity index (χ2n) is 5.47. The van der Waals surface area contributed by atoms with E-state index in [9.17, 15) is 21.6 Å². The molecule has 20 heavy (non-hydrogen) atoms. The molecule has 0 aromatic heterocycles. The third-order valence-corrected chi connectivity index (χ3v) is 5.20. The number of hydrogen-bond acceptors (Lipinski definition) is 3. The number of nitrogens with one attached hydrogen (secondary N) is 2. The lowest BCUT2D eigenvalue weighted by atomic mass is 10.1. The van der Waals surface area contributed by atoms with E-state index in [1.807, 2.05) is 0 Å². The van der Waals surface area contributed by atoms with E-state index in [0.29, 0.717) is 12.8 Å². The van der Waals surface area contributed by atoms with E-state index in [4.69, 9.17) is 0 Å². The van der Waals surface area contributed by atoms with Gasteiger partial charge in [-0.15, -0.1) is 0 Å². The van der Waals surface area contributed by atoms with Crippen molar-refractivity contribution < 1.29 is 21.6 Å². The second-order valence-corrected chi connectivity index (χ2v) is 7.22. The molecule has 2 aliphatic rings. The van der Waals surface area contributed by atoms with Gasteiger partial charge in [0.05, 0.1) is 0 Å². The molecule has 1 heterocycles. The largest absolute Gasteiger partial charge is 0.402 e. The first-order valence-electron chi connectivity index (χ1n) is 6.81. The van der Waals surface area contributed by atoms with Gasteiger partial charge >= 0.3 is 6.18 Å². The third kappa shape index (κ3) is 5.19. The number of nitrogens with zero attached hydrogens (tertiary/aromatic N) is 1. The fourth-order valence-corrected chi connectivity index (χ4v) is 3.44. The maximum Gasteiger partial charge on any atom is 0.402 e. The highest BCUT2D eigenvalue weighted by Gasteiger charge is 2.33. The highest BCUT2D eigenvalue weighted by Crippen LogP contribution is 2.28. The predicted octanol–water partition coefficient (Wildman–Crippen LogP) is 0.847. The van der Waals surface area contributed by atoms with E-state index in [0.717, 1.165) is 16.8 Å². The molecule has 0 amide bonds. The van der Waals surface area contributed by atoms with E-state index in [1.165, 1.54) is 12.8 Å². The minimum atomic E-state index is -4.53. The number of alkyl halides is 3. The molecule has 1 aliphatic carbocycles. The van der Waals surface area contributed by atoms with Crippen molar-refractivity contribution >= 4 is 10.2 Å². The number of rotatable bonds is 6. The van der Waals surface area contributed by atoms with Gasteiger partial charge in [-0.05, 0) is 38.1 Å². The van der Waals surface area contributed by atoms with Gasteiger partial charge in [0, 0.05) is 19.1 Å². The van der Waals surface area contributed by atoms with Gasteiger partial charge in [0.25, 0.3) is 10.2 Å². The Morgan fingerprint density at radius 3 is 2.20 bits per heavy atom. The van der Waals surface area contributed by atoms with Gasteiger partial charge in [-0.1, -0.05) is 0 Å². The van der Waals surface area contributed by atoms with Crippen molar-refractivity contribution in [2.75, 3.05) is 26.2 Å². The molecule has 0 spiro atoms. The number of hydrogen-bond donors (Lipinski definition) is 2. The molecule has 9 heteroatoms. The molecule has 1 aliphatic heterocycles. The molecule has 0 aromatic rings. The van der Waals surface area contributed by atoms with Crippen molar-refractivity contribution in [3.8, 4) is 0 Å². The molecule has 0 unspecified atom stereocenters. The van der Waals surface area contributed by atoms with E-state index < -0.39 is 22.9 Å². The average Bonchev–Trinajstić information content (AvgIpc) is 3.18. The zero-order chi connectivity index (χ0) is 14.8. The van der Waals surface area contributed by atoms with Crippen LogP contribution in [0.1, 0.15) is 25.7 Å². The molecule has 2 N–H and O–H groups in total. The van der Waals surface area contributed by atoms with Crippen molar-refractivity contribution in [3.05, 3.63) is 0 Å². The Bertz CT molecular complexity index is 415. The van der Waals surface area contributed by atoms with Crippen LogP contribution in [-0.2, 0) is 10.2 Å². The van der Waals surface area contributed by atoms with E-state index in [1.54, 1.807) is 4.72 Å². The van der Waals surface area contributed by atoms with Crippen LogP contribution in [0.2, 0.25) is 0 Å². The molecule has 1 saturated heterocycles. The summed E-state index contributed by atoms with van der Waals surface area (Å²) < 4.78 is 62.2. The van der Waals surface area contributed by atoms with Gasteiger partial charge in [-0.2, -0.15) is 30.6 Å². The fraction of sp³-hybridized carbons (Fsp3) is 1.00. The molecule has 2 rings (SSSR count). The maximum atomic E-state index is 12.0. The smallest absolute Gasteiger partial charge is 0.314 e. The van der Waals surface area contributed by atoms with Crippen LogP contribution in [0, 0.1) is 5.92 Å². The van der Waals surface area contributed by atoms with Crippen molar-refractivity contribution in [1.29, 1.82) is 0 Å². The van der Waals surface area contributed by atoms with Gasteiger partial charge in [-0.25, -0.2) is 0 Å². The first-order valence-corrected chi connectivity index (χ1v) is 8.25. The summed E-state index contributed by atoms with van der Waals surface area (Å²) in [6, 6.07) is 0.268. The van der Waals surface area contributed by atoms with Gasteiger partial charge in [0.2, 0.25) is 0 Å². The van der Waals surface area contributed by atoms with Crippen LogP contribution in [0.4, 0.5) is 13.2 Å². The second kappa shape index (κ2) is 6.17. The Hall–Kier alpha value is -0.380. The summed E-state index contributed by atoms with van der Waals surface area (Å²) in [5.41, 5.74) is 0. The standard InChI is InChI=1S/C11H20F3N3O2S/c12-11(13,14)8-16-20(18,19)17-5-3-10(4-6-17)15-7-9-1-2-9/h9-10,15-16H,1-8H2. The first-order chi connectivity index (χ1) is 9.26. The summed E-state index contributed by atoms with van der Waals surface area (Å²) in [6.45, 7) is -0.0377. The summed E-state index contributed by atoms with van der Waals surface area (Å²) in [5.74, 6) is 0.755. The topological polar surface area (TPSA) is 61.4 Å². The van der Waals surface area contributed by atoms with Crippen LogP contribution >= 0.6 is 0 Å². The lowest BCUT2D eigenvalue weighted by Crippen LogP contribution is -2.50. The third-order valence-electron chi connectivity index (χ3n) is 3.64. The maximum absolute atomic E-state index is 12.0. The van der Waals surface area contributed by atoms with Gasteiger partial charge < -0.3 is 5.32 Å². The van der Waals surface area contributed by atoms with Crippen molar-refractivity contribution in [2.45, 2.75) is 37.9 Å². The van der Waals surface area contributed by atoms with Gasteiger partial charge in [-0.3, -0.25) is 0 Å². The highest BCUT2D eigenvalue weighted by molar-refractivity contribution is 7.87. The Kier molecular flexibility index (Phi) is 4.93. The Balaban J connectivity index is 1.73. The minimum absolute atomic E-state index is 0.259. The molecule has 2 fully saturated rings. The van der Waals surface area contributed by atoms with Crippen molar-refractivity contribution in [1.82, 2.24) is 14.3 Å². The van der Waals surface area contributed by atoms with Gasteiger partial charge in [0.1, 0.15) is 6.54 Å². The molecule has 0 bridgehead atoms. The lowest BCUT2D eigenvalue weighted by molar-refractivity contribution is -0.121. The number of halogens is 3. The van der Waals surface area contributed by atoms with Crippen LogP contribution in [-0.4, -0.2) is 51.1 Å². The molecule has 1 saturated carbocycles. The van der Waals surface area contributed by atoms with Crippen molar-refractivity contribution in [3.63, 3.8) is 0 Å². The molecule has 5 nitrogen and oxygen atoms in total. The average molecular weight is 315 g/mol. The molecular formula is C11H20F3N3O2S. The molecule has 118 valence electrons. The monoisotopic (exact) mass is 315 g/mol. The van der Waals surface area contributed by atoms with Crippen LogP contribution < -0.4 is 10.0 Å². The summed E-state index contributed by atoms with van der Waals surface area (Å²) >= 11 is 0. The Labute approximate surface area is 117 Å². The van der Waals surface area contributed by atoms with Crippen molar-refractivity contribution in [2.24, 2.45) is 5.92 Å². The zero-order valence-electron chi connectivity index (χ0n) is 11.1. The normalized spacial score (nSPS) is 23.1. The van der Waals surface area contributed by atoms with Crippen LogP contribution in [0.15, 0.2) is 0 Å². The summed E-state index contributed by atoms with van der Waals surface area (Å²) in [7, 11) is -4.02. The quantitative estimate of drug-likeness (QED) is 0.764.